The number of halogens is 1. The molecule has 2 N–H and O–H groups in total. The summed E-state index contributed by atoms with van der Waals surface area (Å²) in [5.74, 6) is 1.54. The summed E-state index contributed by atoms with van der Waals surface area (Å²) in [6.07, 6.45) is 0.589. The van der Waals surface area contributed by atoms with Gasteiger partial charge in [-0.05, 0) is 36.4 Å². The fourth-order valence-corrected chi connectivity index (χ4v) is 3.45. The lowest BCUT2D eigenvalue weighted by Crippen LogP contribution is -2.38. The molecule has 0 aliphatic carbocycles. The van der Waals surface area contributed by atoms with E-state index in [0.29, 0.717) is 29.0 Å². The second-order valence-corrected chi connectivity index (χ2v) is 7.71. The molecule has 0 amide bonds. The lowest BCUT2D eigenvalue weighted by molar-refractivity contribution is 0.0938. The normalized spacial score (nSPS) is 12.2. The molecule has 0 saturated heterocycles. The van der Waals surface area contributed by atoms with Crippen LogP contribution < -0.4 is 21.3 Å². The van der Waals surface area contributed by atoms with Gasteiger partial charge in [-0.3, -0.25) is 13.9 Å². The van der Waals surface area contributed by atoms with Crippen LogP contribution in [-0.2, 0) is 27.2 Å². The van der Waals surface area contributed by atoms with Gasteiger partial charge in [-0.2, -0.15) is 4.98 Å². The van der Waals surface area contributed by atoms with Gasteiger partial charge < -0.3 is 24.1 Å². The highest BCUT2D eigenvalue weighted by atomic mass is 35.5. The van der Waals surface area contributed by atoms with Crippen molar-refractivity contribution < 1.29 is 14.3 Å². The number of nitrogens with one attached hydrogen (secondary N) is 1. The molecule has 3 aromatic heterocycles. The molecule has 1 atom stereocenters. The van der Waals surface area contributed by atoms with Crippen LogP contribution in [0.3, 0.4) is 0 Å². The monoisotopic (exact) mass is 459 g/mol. The van der Waals surface area contributed by atoms with Crippen molar-refractivity contribution in [1.82, 2.24) is 18.7 Å². The number of aliphatic hydroxyl groups excluding tert-OH is 1. The van der Waals surface area contributed by atoms with Gasteiger partial charge in [0.05, 0.1) is 19.4 Å². The van der Waals surface area contributed by atoms with Gasteiger partial charge >= 0.3 is 5.69 Å². The van der Waals surface area contributed by atoms with Gasteiger partial charge in [0.2, 0.25) is 5.95 Å². The first-order valence-electron chi connectivity index (χ1n) is 9.84. The molecule has 0 radical (unpaired) electrons. The maximum absolute atomic E-state index is 12.9. The average Bonchev–Trinajstić information content (AvgIpc) is 3.42. The van der Waals surface area contributed by atoms with Gasteiger partial charge in [-0.15, -0.1) is 0 Å². The molecule has 11 heteroatoms. The van der Waals surface area contributed by atoms with Crippen LogP contribution >= 0.6 is 11.6 Å². The number of aromatic nitrogens is 4. The third-order valence-corrected chi connectivity index (χ3v) is 5.25. The van der Waals surface area contributed by atoms with Crippen LogP contribution in [-0.4, -0.2) is 36.5 Å². The summed E-state index contributed by atoms with van der Waals surface area (Å²) >= 11 is 5.88. The maximum Gasteiger partial charge on any atom is 0.332 e. The minimum absolute atomic E-state index is 0.0119. The number of imidazole rings is 1. The Morgan fingerprint density at radius 3 is 2.62 bits per heavy atom. The van der Waals surface area contributed by atoms with E-state index in [1.54, 1.807) is 47.2 Å². The Labute approximate surface area is 187 Å². The standard InChI is InChI=1S/C21H22ClN5O5/c1-25-18-17(19(29)26(2)21(25)30)27(20(24-18)23-10-16-4-3-9-31-16)11-14(28)12-32-15-7-5-13(22)6-8-15/h3-9,14,28H,10-12H2,1-2H3,(H,23,24). The van der Waals surface area contributed by atoms with Crippen molar-refractivity contribution in [2.75, 3.05) is 11.9 Å². The second-order valence-electron chi connectivity index (χ2n) is 7.28. The molecular weight excluding hydrogens is 438 g/mol. The van der Waals surface area contributed by atoms with Crippen molar-refractivity contribution in [2.45, 2.75) is 19.2 Å². The highest BCUT2D eigenvalue weighted by Crippen LogP contribution is 2.19. The largest absolute Gasteiger partial charge is 0.491 e. The molecule has 32 heavy (non-hydrogen) atoms. The number of anilines is 1. The molecule has 0 saturated carbocycles. The van der Waals surface area contributed by atoms with Crippen molar-refractivity contribution in [1.29, 1.82) is 0 Å². The van der Waals surface area contributed by atoms with Gasteiger partial charge in [0.15, 0.2) is 11.2 Å². The molecule has 0 spiro atoms. The molecule has 0 aliphatic rings. The van der Waals surface area contributed by atoms with Crippen LogP contribution in [0.15, 0.2) is 56.7 Å². The number of nitrogens with zero attached hydrogens (tertiary/aromatic N) is 4. The van der Waals surface area contributed by atoms with Crippen LogP contribution in [0.5, 0.6) is 5.75 Å². The first kappa shape index (κ1) is 21.7. The Balaban J connectivity index is 1.65. The van der Waals surface area contributed by atoms with E-state index in [-0.39, 0.29) is 24.3 Å². The lowest BCUT2D eigenvalue weighted by Gasteiger charge is -2.16. The fraction of sp³-hybridized carbons (Fsp3) is 0.286. The number of furan rings is 1. The predicted molar refractivity (Wildman–Crippen MR) is 119 cm³/mol. The minimum atomic E-state index is -0.964. The van der Waals surface area contributed by atoms with E-state index in [9.17, 15) is 14.7 Å². The Hall–Kier alpha value is -3.50. The van der Waals surface area contributed by atoms with E-state index >= 15 is 0 Å². The summed E-state index contributed by atoms with van der Waals surface area (Å²) < 4.78 is 14.8. The first-order chi connectivity index (χ1) is 15.3. The van der Waals surface area contributed by atoms with Crippen LogP contribution in [0.1, 0.15) is 5.76 Å². The lowest BCUT2D eigenvalue weighted by atomic mass is 10.3. The number of rotatable bonds is 8. The number of hydrogen-bond acceptors (Lipinski definition) is 7. The van der Waals surface area contributed by atoms with Crippen molar-refractivity contribution in [2.24, 2.45) is 14.1 Å². The molecule has 1 unspecified atom stereocenters. The van der Waals surface area contributed by atoms with Crippen molar-refractivity contribution >= 4 is 28.7 Å². The van der Waals surface area contributed by atoms with Crippen LogP contribution in [0.25, 0.3) is 11.2 Å². The van der Waals surface area contributed by atoms with Crippen molar-refractivity contribution in [3.05, 3.63) is 74.3 Å². The van der Waals surface area contributed by atoms with Gasteiger partial charge in [-0.25, -0.2) is 4.79 Å². The Kier molecular flexibility index (Phi) is 6.06. The molecule has 0 bridgehead atoms. The Morgan fingerprint density at radius 1 is 1.19 bits per heavy atom. The van der Waals surface area contributed by atoms with Crippen LogP contribution in [0, 0.1) is 0 Å². The van der Waals surface area contributed by atoms with Crippen LogP contribution in [0.4, 0.5) is 5.95 Å². The maximum atomic E-state index is 12.9. The highest BCUT2D eigenvalue weighted by molar-refractivity contribution is 6.30. The smallest absolute Gasteiger partial charge is 0.332 e. The highest BCUT2D eigenvalue weighted by Gasteiger charge is 2.21. The third kappa shape index (κ3) is 4.27. The molecule has 0 aliphatic heterocycles. The van der Waals surface area contributed by atoms with E-state index < -0.39 is 17.4 Å². The van der Waals surface area contributed by atoms with E-state index in [2.05, 4.69) is 10.3 Å². The molecule has 168 valence electrons. The van der Waals surface area contributed by atoms with Gasteiger partial charge in [0, 0.05) is 19.1 Å². The zero-order valence-electron chi connectivity index (χ0n) is 17.5. The number of aryl methyl sites for hydroxylation is 1. The van der Waals surface area contributed by atoms with E-state index in [1.807, 2.05) is 0 Å². The summed E-state index contributed by atoms with van der Waals surface area (Å²) in [6, 6.07) is 10.3. The molecule has 1 aromatic carbocycles. The Morgan fingerprint density at radius 2 is 1.94 bits per heavy atom. The quantitative estimate of drug-likeness (QED) is 0.412. The zero-order chi connectivity index (χ0) is 22.8. The average molecular weight is 460 g/mol. The van der Waals surface area contributed by atoms with Crippen molar-refractivity contribution in [3.8, 4) is 5.75 Å². The van der Waals surface area contributed by atoms with E-state index in [1.165, 1.54) is 18.7 Å². The number of ether oxygens (including phenoxy) is 1. The SMILES string of the molecule is Cn1c(=O)c2c(nc(NCc3ccco3)n2CC(O)COc2ccc(Cl)cc2)n(C)c1=O. The summed E-state index contributed by atoms with van der Waals surface area (Å²) in [5.41, 5.74) is -0.586. The van der Waals surface area contributed by atoms with Gasteiger partial charge in [0.25, 0.3) is 5.56 Å². The molecule has 4 aromatic rings. The summed E-state index contributed by atoms with van der Waals surface area (Å²) in [5, 5.41) is 14.3. The number of hydrogen-bond donors (Lipinski definition) is 2. The second kappa shape index (κ2) is 8.93. The summed E-state index contributed by atoms with van der Waals surface area (Å²) in [4.78, 5) is 29.7. The molecule has 10 nitrogen and oxygen atoms in total. The van der Waals surface area contributed by atoms with Gasteiger partial charge in [0.1, 0.15) is 24.2 Å². The number of benzene rings is 1. The summed E-state index contributed by atoms with van der Waals surface area (Å²) in [6.45, 7) is 0.297. The van der Waals surface area contributed by atoms with E-state index in [4.69, 9.17) is 20.8 Å². The summed E-state index contributed by atoms with van der Waals surface area (Å²) in [7, 11) is 2.94. The molecule has 0 fully saturated rings. The first-order valence-corrected chi connectivity index (χ1v) is 10.2. The number of aliphatic hydroxyl groups is 1. The topological polar surface area (TPSA) is 116 Å². The number of fused-ring (bicyclic) bond motifs is 1. The predicted octanol–water partition coefficient (Wildman–Crippen LogP) is 1.73. The Bertz CT molecular complexity index is 1340. The molecular formula is C21H22ClN5O5. The van der Waals surface area contributed by atoms with Crippen molar-refractivity contribution in [3.63, 3.8) is 0 Å². The zero-order valence-corrected chi connectivity index (χ0v) is 18.2. The third-order valence-electron chi connectivity index (χ3n) is 5.00. The van der Waals surface area contributed by atoms with Crippen LogP contribution in [0.2, 0.25) is 5.02 Å². The fourth-order valence-electron chi connectivity index (χ4n) is 3.33. The minimum Gasteiger partial charge on any atom is -0.491 e. The molecule has 3 heterocycles. The van der Waals surface area contributed by atoms with E-state index in [0.717, 1.165) is 4.57 Å². The van der Waals surface area contributed by atoms with Gasteiger partial charge in [-0.1, -0.05) is 11.6 Å². The molecule has 4 rings (SSSR count).